The lowest BCUT2D eigenvalue weighted by molar-refractivity contribution is -0.130. The van der Waals surface area contributed by atoms with Crippen molar-refractivity contribution in [2.45, 2.75) is 50.2 Å². The Morgan fingerprint density at radius 2 is 2.06 bits per heavy atom. The lowest BCUT2D eigenvalue weighted by Crippen LogP contribution is -2.45. The van der Waals surface area contributed by atoms with Crippen LogP contribution in [0.15, 0.2) is 41.8 Å². The van der Waals surface area contributed by atoms with Crippen LogP contribution in [0.4, 0.5) is 19.7 Å². The van der Waals surface area contributed by atoms with Crippen LogP contribution in [0.1, 0.15) is 43.2 Å². The number of amides is 4. The third-order valence-corrected chi connectivity index (χ3v) is 6.79. The van der Waals surface area contributed by atoms with E-state index >= 15 is 0 Å². The minimum absolute atomic E-state index is 0.0923. The number of urea groups is 1. The molecule has 0 bridgehead atoms. The molecule has 1 aliphatic heterocycles. The molecule has 0 spiro atoms. The topological polar surface area (TPSA) is 117 Å². The predicted molar refractivity (Wildman–Crippen MR) is 126 cm³/mol. The van der Waals surface area contributed by atoms with E-state index in [-0.39, 0.29) is 36.8 Å². The summed E-state index contributed by atoms with van der Waals surface area (Å²) >= 11 is 0. The van der Waals surface area contributed by atoms with Crippen molar-refractivity contribution in [2.75, 3.05) is 25.5 Å². The summed E-state index contributed by atoms with van der Waals surface area (Å²) in [5.41, 5.74) is 1.48. The first-order valence-electron chi connectivity index (χ1n) is 11.7. The molecule has 4 amide bonds. The monoisotopic (exact) mass is 484 g/mol. The Kier molecular flexibility index (Phi) is 7.18. The molecule has 3 aliphatic rings. The zero-order chi connectivity index (χ0) is 25.0. The molecule has 1 unspecified atom stereocenters. The SMILES string of the molecule is CNC(=O)Nc1ccc2c(c1)CC[C@@]2(C=O)OC(=O)NCC(=O)N1CCCC1C1=CC=C(F)CC1. The molecule has 1 heterocycles. The highest BCUT2D eigenvalue weighted by Crippen LogP contribution is 2.40. The van der Waals surface area contributed by atoms with Gasteiger partial charge in [-0.25, -0.2) is 14.0 Å². The first kappa shape index (κ1) is 24.4. The fraction of sp³-hybridized carbons (Fsp3) is 0.440. The number of alkyl carbamates (subject to hydrolysis) is 1. The summed E-state index contributed by atoms with van der Waals surface area (Å²) in [5.74, 6) is -0.414. The van der Waals surface area contributed by atoms with Crippen LogP contribution >= 0.6 is 0 Å². The number of anilines is 1. The molecule has 10 heteroatoms. The molecule has 3 N–H and O–H groups in total. The number of aldehydes is 1. The van der Waals surface area contributed by atoms with Crippen molar-refractivity contribution in [3.63, 3.8) is 0 Å². The van der Waals surface area contributed by atoms with Crippen molar-refractivity contribution in [3.05, 3.63) is 52.9 Å². The van der Waals surface area contributed by atoms with E-state index in [2.05, 4.69) is 16.0 Å². The van der Waals surface area contributed by atoms with Gasteiger partial charge in [-0.15, -0.1) is 0 Å². The van der Waals surface area contributed by atoms with Crippen LogP contribution in [-0.2, 0) is 26.3 Å². The molecule has 1 fully saturated rings. The number of hydrogen-bond donors (Lipinski definition) is 3. The van der Waals surface area contributed by atoms with E-state index in [1.54, 1.807) is 29.2 Å². The second-order valence-corrected chi connectivity index (χ2v) is 8.93. The van der Waals surface area contributed by atoms with Crippen LogP contribution in [0.2, 0.25) is 0 Å². The van der Waals surface area contributed by atoms with E-state index in [0.29, 0.717) is 43.3 Å². The van der Waals surface area contributed by atoms with Crippen LogP contribution in [0, 0.1) is 0 Å². The number of ether oxygens (including phenoxy) is 1. The Hall–Kier alpha value is -3.69. The van der Waals surface area contributed by atoms with Crippen molar-refractivity contribution >= 4 is 30.0 Å². The van der Waals surface area contributed by atoms with E-state index < -0.39 is 11.7 Å². The molecule has 35 heavy (non-hydrogen) atoms. The molecular weight excluding hydrogens is 455 g/mol. The van der Waals surface area contributed by atoms with Gasteiger partial charge in [0.1, 0.15) is 12.4 Å². The van der Waals surface area contributed by atoms with Gasteiger partial charge in [-0.05, 0) is 55.0 Å². The largest absolute Gasteiger partial charge is 0.430 e. The number of allylic oxidation sites excluding steroid dienone is 3. The van der Waals surface area contributed by atoms with Gasteiger partial charge in [-0.1, -0.05) is 12.1 Å². The van der Waals surface area contributed by atoms with Crippen molar-refractivity contribution in [1.82, 2.24) is 15.5 Å². The minimum Gasteiger partial charge on any atom is -0.430 e. The fourth-order valence-electron chi connectivity index (χ4n) is 5.00. The maximum atomic E-state index is 13.3. The maximum absolute atomic E-state index is 13.3. The normalized spacial score (nSPS) is 23.0. The summed E-state index contributed by atoms with van der Waals surface area (Å²) in [7, 11) is 1.51. The molecule has 186 valence electrons. The lowest BCUT2D eigenvalue weighted by Gasteiger charge is -2.28. The van der Waals surface area contributed by atoms with Crippen LogP contribution in [0.25, 0.3) is 0 Å². The van der Waals surface area contributed by atoms with Gasteiger partial charge in [-0.2, -0.15) is 0 Å². The van der Waals surface area contributed by atoms with Gasteiger partial charge in [0.05, 0.1) is 6.04 Å². The zero-order valence-electron chi connectivity index (χ0n) is 19.6. The quantitative estimate of drug-likeness (QED) is 0.537. The van der Waals surface area contributed by atoms with Crippen molar-refractivity contribution < 1.29 is 28.3 Å². The van der Waals surface area contributed by atoms with E-state index in [1.807, 2.05) is 0 Å². The van der Waals surface area contributed by atoms with Gasteiger partial charge in [0.25, 0.3) is 0 Å². The number of aryl methyl sites for hydroxylation is 1. The van der Waals surface area contributed by atoms with Crippen LogP contribution in [0.3, 0.4) is 0 Å². The highest BCUT2D eigenvalue weighted by Gasteiger charge is 2.43. The lowest BCUT2D eigenvalue weighted by atomic mass is 9.95. The van der Waals surface area contributed by atoms with Crippen LogP contribution < -0.4 is 16.0 Å². The summed E-state index contributed by atoms with van der Waals surface area (Å²) in [6, 6.07) is 4.58. The van der Waals surface area contributed by atoms with Gasteiger partial charge in [0.2, 0.25) is 5.91 Å². The number of nitrogens with one attached hydrogen (secondary N) is 3. The van der Waals surface area contributed by atoms with E-state index in [0.717, 1.165) is 24.0 Å². The number of hydrogen-bond acceptors (Lipinski definition) is 5. The summed E-state index contributed by atoms with van der Waals surface area (Å²) in [6.45, 7) is 0.311. The molecule has 0 saturated carbocycles. The first-order chi connectivity index (χ1) is 16.8. The van der Waals surface area contributed by atoms with Gasteiger partial charge >= 0.3 is 12.1 Å². The predicted octanol–water partition coefficient (Wildman–Crippen LogP) is 3.07. The minimum atomic E-state index is -1.45. The van der Waals surface area contributed by atoms with Gasteiger partial charge in [0, 0.05) is 37.7 Å². The number of nitrogens with zero attached hydrogens (tertiary/aromatic N) is 1. The van der Waals surface area contributed by atoms with Gasteiger partial charge < -0.3 is 25.6 Å². The summed E-state index contributed by atoms with van der Waals surface area (Å²) in [6.07, 6.45) is 6.26. The van der Waals surface area contributed by atoms with Gasteiger partial charge in [-0.3, -0.25) is 9.59 Å². The standard InChI is InChI=1S/C25H29FN4O5/c1-27-23(33)29-19-8-9-20-17(13-19)10-11-25(20,15-31)35-24(34)28-14-22(32)30-12-2-3-21(30)16-4-6-18(26)7-5-16/h4,6,8-9,13,15,21H,2-3,5,7,10-12,14H2,1H3,(H,28,34)(H2,27,29,33)/t21?,25-/m0/s1. The fourth-order valence-corrected chi connectivity index (χ4v) is 5.00. The Labute approximate surface area is 202 Å². The van der Waals surface area contributed by atoms with E-state index in [1.165, 1.54) is 13.1 Å². The molecule has 9 nitrogen and oxygen atoms in total. The van der Waals surface area contributed by atoms with E-state index in [4.69, 9.17) is 4.74 Å². The Bertz CT molecular complexity index is 1100. The molecule has 1 saturated heterocycles. The third-order valence-electron chi connectivity index (χ3n) is 6.79. The number of carbonyl (C=O) groups is 4. The second-order valence-electron chi connectivity index (χ2n) is 8.93. The number of halogens is 1. The Morgan fingerprint density at radius 1 is 1.23 bits per heavy atom. The number of benzene rings is 1. The molecule has 0 radical (unpaired) electrons. The molecule has 0 aromatic heterocycles. The molecule has 1 aromatic rings. The average Bonchev–Trinajstić information content (AvgIpc) is 3.49. The van der Waals surface area contributed by atoms with Crippen molar-refractivity contribution in [2.24, 2.45) is 0 Å². The highest BCUT2D eigenvalue weighted by atomic mass is 19.1. The molecule has 2 atom stereocenters. The number of carbonyl (C=O) groups excluding carboxylic acids is 4. The molecule has 4 rings (SSSR count). The molecule has 2 aliphatic carbocycles. The summed E-state index contributed by atoms with van der Waals surface area (Å²) in [5, 5.41) is 7.62. The first-order valence-corrected chi connectivity index (χ1v) is 11.7. The summed E-state index contributed by atoms with van der Waals surface area (Å²) in [4.78, 5) is 50.7. The Morgan fingerprint density at radius 3 is 2.77 bits per heavy atom. The smallest absolute Gasteiger partial charge is 0.408 e. The second kappa shape index (κ2) is 10.3. The Balaban J connectivity index is 1.36. The number of rotatable bonds is 6. The van der Waals surface area contributed by atoms with Crippen LogP contribution in [0.5, 0.6) is 0 Å². The van der Waals surface area contributed by atoms with Crippen LogP contribution in [-0.4, -0.2) is 55.4 Å². The molecule has 1 aromatic carbocycles. The summed E-state index contributed by atoms with van der Waals surface area (Å²) < 4.78 is 18.9. The average molecular weight is 485 g/mol. The van der Waals surface area contributed by atoms with Crippen molar-refractivity contribution in [3.8, 4) is 0 Å². The highest BCUT2D eigenvalue weighted by molar-refractivity contribution is 5.89. The molecular formula is C25H29FN4O5. The third kappa shape index (κ3) is 5.21. The number of fused-ring (bicyclic) bond motifs is 1. The van der Waals surface area contributed by atoms with Gasteiger partial charge in [0.15, 0.2) is 11.9 Å². The van der Waals surface area contributed by atoms with Crippen molar-refractivity contribution in [1.29, 1.82) is 0 Å². The number of likely N-dealkylation sites (tertiary alicyclic amines) is 1. The maximum Gasteiger partial charge on any atom is 0.408 e. The van der Waals surface area contributed by atoms with E-state index in [9.17, 15) is 23.6 Å². The zero-order valence-corrected chi connectivity index (χ0v) is 19.6.